The molecule has 1 fully saturated rings. The molecule has 19 heavy (non-hydrogen) atoms. The Morgan fingerprint density at radius 2 is 1.00 bits per heavy atom. The van der Waals surface area contributed by atoms with Gasteiger partial charge in [-0.3, -0.25) is 0 Å². The van der Waals surface area contributed by atoms with Gasteiger partial charge in [-0.2, -0.15) is 0 Å². The molecule has 0 nitrogen and oxygen atoms in total. The van der Waals surface area contributed by atoms with Crippen LogP contribution < -0.4 is 0 Å². The van der Waals surface area contributed by atoms with Gasteiger partial charge >= 0.3 is 0 Å². The summed E-state index contributed by atoms with van der Waals surface area (Å²) in [5, 5.41) is 0. The maximum atomic E-state index is 3.92. The molecule has 0 unspecified atom stereocenters. The van der Waals surface area contributed by atoms with E-state index in [2.05, 4.69) is 106 Å². The van der Waals surface area contributed by atoms with Crippen LogP contribution in [0.4, 0.5) is 0 Å². The van der Waals surface area contributed by atoms with Crippen LogP contribution in [0.1, 0.15) is 25.0 Å². The fraction of sp³-hybridized carbons (Fsp3) is 0.294. The summed E-state index contributed by atoms with van der Waals surface area (Å²) >= 11 is 7.84. The van der Waals surface area contributed by atoms with Crippen LogP contribution >= 0.6 is 31.9 Å². The number of benzene rings is 2. The summed E-state index contributed by atoms with van der Waals surface area (Å²) in [5.41, 5.74) is 2.76. The highest BCUT2D eigenvalue weighted by molar-refractivity contribution is 9.25. The maximum absolute atomic E-state index is 3.92. The van der Waals surface area contributed by atoms with Crippen molar-refractivity contribution in [2.45, 2.75) is 22.5 Å². The van der Waals surface area contributed by atoms with Crippen LogP contribution in [-0.2, 0) is 5.41 Å². The lowest BCUT2D eigenvalue weighted by atomic mass is 9.82. The van der Waals surface area contributed by atoms with Crippen LogP contribution in [-0.4, -0.2) is 3.23 Å². The molecule has 98 valence electrons. The number of rotatable bonds is 2. The monoisotopic (exact) mass is 378 g/mol. The number of alkyl halides is 2. The van der Waals surface area contributed by atoms with E-state index in [-0.39, 0.29) is 14.1 Å². The van der Waals surface area contributed by atoms with E-state index in [9.17, 15) is 0 Å². The molecule has 0 N–H and O–H groups in total. The number of hydrogen-bond acceptors (Lipinski definition) is 0. The van der Waals surface area contributed by atoms with Crippen LogP contribution in [0.25, 0.3) is 0 Å². The molecule has 0 aromatic heterocycles. The molecule has 0 aliphatic heterocycles. The van der Waals surface area contributed by atoms with Crippen LogP contribution in [0.2, 0.25) is 0 Å². The summed E-state index contributed by atoms with van der Waals surface area (Å²) in [7, 11) is 0. The smallest absolute Gasteiger partial charge is 0.0707 e. The minimum absolute atomic E-state index is 0.0392. The van der Waals surface area contributed by atoms with E-state index in [0.29, 0.717) is 0 Å². The third-order valence-electron chi connectivity index (χ3n) is 4.54. The molecule has 0 saturated heterocycles. The Morgan fingerprint density at radius 3 is 1.26 bits per heavy atom. The Bertz CT molecular complexity index is 530. The van der Waals surface area contributed by atoms with E-state index in [1.54, 1.807) is 0 Å². The second kappa shape index (κ2) is 4.20. The molecule has 2 aromatic rings. The van der Waals surface area contributed by atoms with Crippen molar-refractivity contribution in [2.24, 2.45) is 5.41 Å². The van der Waals surface area contributed by atoms with Crippen molar-refractivity contribution in [1.82, 2.24) is 0 Å². The van der Waals surface area contributed by atoms with Crippen molar-refractivity contribution in [3.8, 4) is 0 Å². The van der Waals surface area contributed by atoms with Gasteiger partial charge in [0.25, 0.3) is 0 Å². The van der Waals surface area contributed by atoms with Crippen LogP contribution in [0.3, 0.4) is 0 Å². The predicted octanol–water partition coefficient (Wildman–Crippen LogP) is 5.50. The average Bonchev–Trinajstić information content (AvgIpc) is 2.78. The quantitative estimate of drug-likeness (QED) is 0.604. The van der Waals surface area contributed by atoms with Gasteiger partial charge in [0, 0.05) is 5.41 Å². The maximum Gasteiger partial charge on any atom is 0.101 e. The Kier molecular flexibility index (Phi) is 2.96. The molecule has 0 amide bonds. The molecular weight excluding hydrogens is 364 g/mol. The van der Waals surface area contributed by atoms with Gasteiger partial charge in [0.1, 0.15) is 3.23 Å². The van der Waals surface area contributed by atoms with E-state index in [1.165, 1.54) is 11.1 Å². The Labute approximate surface area is 131 Å². The van der Waals surface area contributed by atoms with Gasteiger partial charge in [0.2, 0.25) is 0 Å². The summed E-state index contributed by atoms with van der Waals surface area (Å²) < 4.78 is -0.108. The lowest BCUT2D eigenvalue weighted by molar-refractivity contribution is 0.552. The van der Waals surface area contributed by atoms with Crippen molar-refractivity contribution in [1.29, 1.82) is 0 Å². The van der Waals surface area contributed by atoms with Gasteiger partial charge < -0.3 is 0 Å². The third kappa shape index (κ3) is 1.50. The van der Waals surface area contributed by atoms with Crippen molar-refractivity contribution in [3.05, 3.63) is 71.8 Å². The fourth-order valence-corrected chi connectivity index (χ4v) is 5.70. The fourth-order valence-electron chi connectivity index (χ4n) is 3.40. The lowest BCUT2D eigenvalue weighted by Gasteiger charge is -2.22. The zero-order valence-electron chi connectivity index (χ0n) is 11.0. The Balaban J connectivity index is 2.27. The second-order valence-corrected chi connectivity index (χ2v) is 9.12. The van der Waals surface area contributed by atoms with Crippen molar-refractivity contribution in [2.75, 3.05) is 0 Å². The summed E-state index contributed by atoms with van der Waals surface area (Å²) in [6.45, 7) is 4.60. The lowest BCUT2D eigenvalue weighted by Crippen LogP contribution is -2.18. The van der Waals surface area contributed by atoms with Crippen LogP contribution in [0.5, 0.6) is 0 Å². The van der Waals surface area contributed by atoms with Crippen molar-refractivity contribution in [3.63, 3.8) is 0 Å². The van der Waals surface area contributed by atoms with Crippen LogP contribution in [0.15, 0.2) is 60.7 Å². The average molecular weight is 380 g/mol. The normalized spacial score (nSPS) is 21.9. The van der Waals surface area contributed by atoms with E-state index in [4.69, 9.17) is 0 Å². The minimum atomic E-state index is -0.108. The highest BCUT2D eigenvalue weighted by Gasteiger charge is 2.81. The van der Waals surface area contributed by atoms with E-state index >= 15 is 0 Å². The first-order valence-electron chi connectivity index (χ1n) is 6.45. The molecule has 0 bridgehead atoms. The summed E-state index contributed by atoms with van der Waals surface area (Å²) in [6, 6.07) is 21.5. The first-order valence-corrected chi connectivity index (χ1v) is 8.04. The number of halogens is 2. The highest BCUT2D eigenvalue weighted by atomic mass is 79.9. The van der Waals surface area contributed by atoms with E-state index in [1.807, 2.05) is 0 Å². The summed E-state index contributed by atoms with van der Waals surface area (Å²) in [4.78, 5) is 0. The SMILES string of the molecule is CC1(C)C(Br)(Br)C1(c1ccccc1)c1ccccc1. The van der Waals surface area contributed by atoms with Gasteiger partial charge in [0.05, 0.1) is 5.41 Å². The molecule has 2 aromatic carbocycles. The second-order valence-electron chi connectivity index (χ2n) is 5.68. The molecular formula is C17H16Br2. The number of hydrogen-bond donors (Lipinski definition) is 0. The first-order chi connectivity index (χ1) is 8.96. The molecule has 0 atom stereocenters. The van der Waals surface area contributed by atoms with E-state index < -0.39 is 0 Å². The molecule has 2 heteroatoms. The largest absolute Gasteiger partial charge is 0.101 e. The van der Waals surface area contributed by atoms with E-state index in [0.717, 1.165) is 0 Å². The van der Waals surface area contributed by atoms with Crippen molar-refractivity contribution >= 4 is 31.9 Å². The molecule has 1 aliphatic carbocycles. The zero-order chi connectivity index (χ0) is 13.7. The Morgan fingerprint density at radius 1 is 0.684 bits per heavy atom. The standard InChI is InChI=1S/C17H16Br2/c1-15(2)16(17(15,18)19,13-9-5-3-6-10-13)14-11-7-4-8-12-14/h3-12H,1-2H3. The van der Waals surface area contributed by atoms with Gasteiger partial charge in [-0.15, -0.1) is 0 Å². The van der Waals surface area contributed by atoms with Crippen molar-refractivity contribution < 1.29 is 0 Å². The topological polar surface area (TPSA) is 0 Å². The molecule has 1 saturated carbocycles. The predicted molar refractivity (Wildman–Crippen MR) is 88.0 cm³/mol. The molecule has 0 spiro atoms. The summed E-state index contributed by atoms with van der Waals surface area (Å²) in [5.74, 6) is 0. The van der Waals surface area contributed by atoms with Gasteiger partial charge in [-0.05, 0) is 11.1 Å². The first kappa shape index (κ1) is 13.4. The van der Waals surface area contributed by atoms with Gasteiger partial charge in [0.15, 0.2) is 0 Å². The Hall–Kier alpha value is -0.600. The zero-order valence-corrected chi connectivity index (χ0v) is 14.2. The van der Waals surface area contributed by atoms with Gasteiger partial charge in [-0.1, -0.05) is 106 Å². The third-order valence-corrected chi connectivity index (χ3v) is 7.72. The molecule has 0 heterocycles. The van der Waals surface area contributed by atoms with Gasteiger partial charge in [-0.25, -0.2) is 0 Å². The molecule has 0 radical (unpaired) electrons. The molecule has 3 rings (SSSR count). The van der Waals surface area contributed by atoms with Crippen LogP contribution in [0, 0.1) is 5.41 Å². The summed E-state index contributed by atoms with van der Waals surface area (Å²) in [6.07, 6.45) is 0. The minimum Gasteiger partial charge on any atom is -0.0707 e. The molecule has 1 aliphatic rings. The highest BCUT2D eigenvalue weighted by Crippen LogP contribution is 2.81.